The van der Waals surface area contributed by atoms with Crippen LogP contribution in [0, 0.1) is 0 Å². The van der Waals surface area contributed by atoms with Gasteiger partial charge in [-0.1, -0.05) is 0 Å². The van der Waals surface area contributed by atoms with Crippen LogP contribution in [0.3, 0.4) is 0 Å². The van der Waals surface area contributed by atoms with Crippen molar-refractivity contribution in [1.29, 1.82) is 0 Å². The first-order valence-electron chi connectivity index (χ1n) is 9.89. The first kappa shape index (κ1) is 20.5. The van der Waals surface area contributed by atoms with Crippen molar-refractivity contribution in [3.63, 3.8) is 0 Å². The van der Waals surface area contributed by atoms with E-state index in [4.69, 9.17) is 9.47 Å². The number of piperazine rings is 1. The molecule has 2 aromatic carbocycles. The van der Waals surface area contributed by atoms with Crippen LogP contribution in [-0.4, -0.2) is 45.4 Å². The summed E-state index contributed by atoms with van der Waals surface area (Å²) in [6.07, 6.45) is -4.38. The van der Waals surface area contributed by atoms with Crippen LogP contribution in [0.25, 0.3) is 0 Å². The number of nitrogens with one attached hydrogen (secondary N) is 3. The van der Waals surface area contributed by atoms with Crippen molar-refractivity contribution in [3.05, 3.63) is 53.6 Å². The molecule has 2 aliphatic rings. The van der Waals surface area contributed by atoms with Gasteiger partial charge in [-0.2, -0.15) is 13.2 Å². The van der Waals surface area contributed by atoms with Crippen LogP contribution in [-0.2, 0) is 17.5 Å². The van der Waals surface area contributed by atoms with Gasteiger partial charge in [-0.15, -0.1) is 0 Å². The molecule has 0 atom stereocenters. The van der Waals surface area contributed by atoms with Crippen LogP contribution < -0.4 is 24.6 Å². The summed E-state index contributed by atoms with van der Waals surface area (Å²) < 4.78 is 48.6. The van der Waals surface area contributed by atoms with E-state index in [-0.39, 0.29) is 12.7 Å². The molecule has 2 heterocycles. The molecule has 0 unspecified atom stereocenters. The third-order valence-electron chi connectivity index (χ3n) is 5.46. The summed E-state index contributed by atoms with van der Waals surface area (Å²) >= 11 is 0. The Balaban J connectivity index is 1.22. The monoisotopic (exact) mass is 423 g/mol. The average molecular weight is 423 g/mol. The van der Waals surface area contributed by atoms with Gasteiger partial charge in [0.25, 0.3) is 5.91 Å². The highest BCUT2D eigenvalue weighted by molar-refractivity contribution is 5.91. The van der Waals surface area contributed by atoms with E-state index in [0.717, 1.165) is 56.4 Å². The Labute approximate surface area is 172 Å². The molecule has 0 spiro atoms. The van der Waals surface area contributed by atoms with Crippen molar-refractivity contribution in [1.82, 2.24) is 0 Å². The van der Waals surface area contributed by atoms with Crippen LogP contribution in [0.1, 0.15) is 11.1 Å². The Kier molecular flexibility index (Phi) is 5.83. The lowest BCUT2D eigenvalue weighted by molar-refractivity contribution is -1.02. The molecule has 0 aliphatic carbocycles. The fourth-order valence-corrected chi connectivity index (χ4v) is 3.83. The largest absolute Gasteiger partial charge is 0.454 e. The maximum Gasteiger partial charge on any atom is 0.416 e. The quantitative estimate of drug-likeness (QED) is 0.651. The van der Waals surface area contributed by atoms with E-state index in [1.807, 2.05) is 12.1 Å². The van der Waals surface area contributed by atoms with Crippen molar-refractivity contribution in [2.45, 2.75) is 12.7 Å². The number of quaternary nitrogens is 2. The van der Waals surface area contributed by atoms with Gasteiger partial charge in [-0.25, -0.2) is 0 Å². The predicted molar refractivity (Wildman–Crippen MR) is 103 cm³/mol. The van der Waals surface area contributed by atoms with Crippen LogP contribution in [0.2, 0.25) is 0 Å². The van der Waals surface area contributed by atoms with Crippen LogP contribution in [0.4, 0.5) is 18.9 Å². The number of halogens is 3. The minimum absolute atomic E-state index is 0.191. The summed E-state index contributed by atoms with van der Waals surface area (Å²) in [5.74, 6) is 1.38. The number of rotatable bonds is 5. The zero-order valence-electron chi connectivity index (χ0n) is 16.3. The molecule has 3 N–H and O–H groups in total. The lowest BCUT2D eigenvalue weighted by atomic mass is 10.1. The maximum atomic E-state index is 12.6. The van der Waals surface area contributed by atoms with E-state index in [0.29, 0.717) is 12.2 Å². The average Bonchev–Trinajstić information content (AvgIpc) is 3.17. The molecule has 0 saturated carbocycles. The summed E-state index contributed by atoms with van der Waals surface area (Å²) in [4.78, 5) is 14.9. The van der Waals surface area contributed by atoms with Crippen molar-refractivity contribution in [2.75, 3.05) is 44.8 Å². The summed E-state index contributed by atoms with van der Waals surface area (Å²) in [6.45, 7) is 5.07. The van der Waals surface area contributed by atoms with Crippen molar-refractivity contribution in [2.24, 2.45) is 0 Å². The van der Waals surface area contributed by atoms with Gasteiger partial charge in [0, 0.05) is 11.3 Å². The van der Waals surface area contributed by atoms with E-state index in [9.17, 15) is 18.0 Å². The second-order valence-electron chi connectivity index (χ2n) is 7.66. The van der Waals surface area contributed by atoms with Gasteiger partial charge in [0.15, 0.2) is 18.0 Å². The summed E-state index contributed by atoms with van der Waals surface area (Å²) in [5, 5.41) is 2.68. The second-order valence-corrected chi connectivity index (χ2v) is 7.66. The fraction of sp³-hybridized carbons (Fsp3) is 0.381. The molecule has 30 heavy (non-hydrogen) atoms. The van der Waals surface area contributed by atoms with Crippen LogP contribution >= 0.6 is 0 Å². The summed E-state index contributed by atoms with van der Waals surface area (Å²) in [7, 11) is 0. The Hall–Kier alpha value is -2.78. The standard InChI is InChI=1S/C21H22F3N3O3/c22-21(23,24)16-2-4-17(5-3-16)25-20(28)13-27-9-7-26(8-10-27)12-15-1-6-18-19(11-15)30-14-29-18/h1-6,11H,7-10,12-14H2,(H,25,28)/p+2. The number of hydrogen-bond donors (Lipinski definition) is 3. The number of hydrogen-bond acceptors (Lipinski definition) is 3. The topological polar surface area (TPSA) is 56.4 Å². The third kappa shape index (κ3) is 5.03. The summed E-state index contributed by atoms with van der Waals surface area (Å²) in [5.41, 5.74) is 0.838. The molecule has 6 nitrogen and oxygen atoms in total. The van der Waals surface area contributed by atoms with E-state index in [1.165, 1.54) is 27.5 Å². The molecule has 0 bridgehead atoms. The molecule has 2 aromatic rings. The zero-order valence-corrected chi connectivity index (χ0v) is 16.3. The Morgan fingerprint density at radius 3 is 2.30 bits per heavy atom. The molecule has 1 amide bonds. The van der Waals surface area contributed by atoms with Gasteiger partial charge < -0.3 is 24.6 Å². The van der Waals surface area contributed by atoms with E-state index in [2.05, 4.69) is 11.4 Å². The SMILES string of the molecule is O=C(C[NH+]1CC[NH+](Cc2ccc3c(c2)OCO3)CC1)Nc1ccc(C(F)(F)F)cc1. The molecule has 0 radical (unpaired) electrons. The number of carbonyl (C=O) groups is 1. The smallest absolute Gasteiger partial charge is 0.416 e. The first-order chi connectivity index (χ1) is 14.4. The molecule has 2 aliphatic heterocycles. The molecule has 0 aromatic heterocycles. The van der Waals surface area contributed by atoms with Gasteiger partial charge in [0.1, 0.15) is 32.7 Å². The molecule has 160 valence electrons. The normalized spacial score (nSPS) is 20.8. The van der Waals surface area contributed by atoms with E-state index in [1.54, 1.807) is 0 Å². The van der Waals surface area contributed by atoms with Gasteiger partial charge in [-0.3, -0.25) is 4.79 Å². The van der Waals surface area contributed by atoms with Gasteiger partial charge in [0.2, 0.25) is 6.79 Å². The number of amides is 1. The fourth-order valence-electron chi connectivity index (χ4n) is 3.83. The summed E-state index contributed by atoms with van der Waals surface area (Å²) in [6, 6.07) is 10.5. The van der Waals surface area contributed by atoms with Crippen molar-refractivity contribution < 1.29 is 37.2 Å². The van der Waals surface area contributed by atoms with Crippen LogP contribution in [0.5, 0.6) is 11.5 Å². The lowest BCUT2D eigenvalue weighted by Gasteiger charge is -2.29. The molecular weight excluding hydrogens is 399 g/mol. The lowest BCUT2D eigenvalue weighted by Crippen LogP contribution is -3.28. The third-order valence-corrected chi connectivity index (χ3v) is 5.46. The second kappa shape index (κ2) is 8.53. The molecule has 9 heteroatoms. The molecule has 1 fully saturated rings. The highest BCUT2D eigenvalue weighted by Gasteiger charge is 2.30. The molecule has 1 saturated heterocycles. The number of carbonyl (C=O) groups excluding carboxylic acids is 1. The Morgan fingerprint density at radius 2 is 1.60 bits per heavy atom. The molecule has 4 rings (SSSR count). The number of alkyl halides is 3. The Morgan fingerprint density at radius 1 is 0.933 bits per heavy atom. The van der Waals surface area contributed by atoms with Crippen molar-refractivity contribution >= 4 is 11.6 Å². The zero-order chi connectivity index (χ0) is 21.1. The van der Waals surface area contributed by atoms with Gasteiger partial charge in [-0.05, 0) is 42.5 Å². The minimum Gasteiger partial charge on any atom is -0.454 e. The number of ether oxygens (including phenoxy) is 2. The van der Waals surface area contributed by atoms with Gasteiger partial charge in [0.05, 0.1) is 5.56 Å². The highest BCUT2D eigenvalue weighted by Crippen LogP contribution is 2.32. The van der Waals surface area contributed by atoms with E-state index < -0.39 is 11.7 Å². The van der Waals surface area contributed by atoms with Crippen molar-refractivity contribution in [3.8, 4) is 11.5 Å². The number of anilines is 1. The first-order valence-corrected chi connectivity index (χ1v) is 9.89. The number of benzene rings is 2. The van der Waals surface area contributed by atoms with E-state index >= 15 is 0 Å². The maximum absolute atomic E-state index is 12.6. The van der Waals surface area contributed by atoms with Gasteiger partial charge >= 0.3 is 6.18 Å². The Bertz CT molecular complexity index is 895. The minimum atomic E-state index is -4.38. The predicted octanol–water partition coefficient (Wildman–Crippen LogP) is 0.356. The molecular formula is C21H24F3N3O3+2. The highest BCUT2D eigenvalue weighted by atomic mass is 19.4. The number of fused-ring (bicyclic) bond motifs is 1. The van der Waals surface area contributed by atoms with Crippen LogP contribution in [0.15, 0.2) is 42.5 Å².